The number of amides is 1. The summed E-state index contributed by atoms with van der Waals surface area (Å²) in [7, 11) is 1.89. The first-order valence-electron chi connectivity index (χ1n) is 7.08. The van der Waals surface area contributed by atoms with Crippen LogP contribution in [0.2, 0.25) is 0 Å². The molecule has 1 aromatic rings. The van der Waals surface area contributed by atoms with Crippen molar-refractivity contribution in [3.05, 3.63) is 17.6 Å². The maximum atomic E-state index is 11.6. The number of aryl methyl sites for hydroxylation is 1. The van der Waals surface area contributed by atoms with Crippen LogP contribution in [0.4, 0.5) is 5.82 Å². The Morgan fingerprint density at radius 1 is 1.35 bits per heavy atom. The number of carbonyl (C=O) groups excluding carboxylic acids is 1. The van der Waals surface area contributed by atoms with Crippen LogP contribution in [0.5, 0.6) is 0 Å². The molecular weight excluding hydrogens is 254 g/mol. The molecule has 0 aliphatic heterocycles. The van der Waals surface area contributed by atoms with Gasteiger partial charge in [-0.05, 0) is 27.3 Å². The van der Waals surface area contributed by atoms with E-state index in [0.29, 0.717) is 13.1 Å². The average Bonchev–Trinajstić information content (AvgIpc) is 2.35. The Bertz CT molecular complexity index is 436. The summed E-state index contributed by atoms with van der Waals surface area (Å²) >= 11 is 0. The summed E-state index contributed by atoms with van der Waals surface area (Å²) in [6.07, 6.45) is 0.947. The molecule has 0 aromatic carbocycles. The standard InChI is InChI=1S/C14H25N5O/c1-5-7-16-14(20)10-19(4)9-13-17-11(3)8-12(18-13)15-6-2/h8H,5-7,9-10H2,1-4H3,(H,16,20)(H,15,17,18). The largest absolute Gasteiger partial charge is 0.370 e. The molecule has 0 atom stereocenters. The Kier molecular flexibility index (Phi) is 6.93. The van der Waals surface area contributed by atoms with E-state index in [0.717, 1.165) is 36.8 Å². The second-order valence-electron chi connectivity index (χ2n) is 4.86. The summed E-state index contributed by atoms with van der Waals surface area (Å²) in [5.74, 6) is 1.60. The van der Waals surface area contributed by atoms with E-state index in [-0.39, 0.29) is 5.91 Å². The molecule has 0 saturated carbocycles. The molecule has 112 valence electrons. The monoisotopic (exact) mass is 279 g/mol. The Labute approximate surface area is 121 Å². The molecule has 6 heteroatoms. The third kappa shape index (κ3) is 5.97. The van der Waals surface area contributed by atoms with Gasteiger partial charge in [0.05, 0.1) is 13.1 Å². The van der Waals surface area contributed by atoms with E-state index in [1.54, 1.807) is 0 Å². The maximum absolute atomic E-state index is 11.6. The van der Waals surface area contributed by atoms with Gasteiger partial charge in [0.2, 0.25) is 5.91 Å². The number of aromatic nitrogens is 2. The van der Waals surface area contributed by atoms with Crippen molar-refractivity contribution >= 4 is 11.7 Å². The van der Waals surface area contributed by atoms with E-state index < -0.39 is 0 Å². The third-order valence-electron chi connectivity index (χ3n) is 2.66. The zero-order valence-corrected chi connectivity index (χ0v) is 12.9. The molecule has 20 heavy (non-hydrogen) atoms. The van der Waals surface area contributed by atoms with Crippen molar-refractivity contribution in [3.63, 3.8) is 0 Å². The minimum Gasteiger partial charge on any atom is -0.370 e. The first kappa shape index (κ1) is 16.4. The quantitative estimate of drug-likeness (QED) is 0.747. The second-order valence-corrected chi connectivity index (χ2v) is 4.86. The molecule has 2 N–H and O–H groups in total. The highest BCUT2D eigenvalue weighted by atomic mass is 16.2. The zero-order valence-electron chi connectivity index (χ0n) is 12.9. The van der Waals surface area contributed by atoms with E-state index in [9.17, 15) is 4.79 Å². The normalized spacial score (nSPS) is 10.7. The van der Waals surface area contributed by atoms with Crippen LogP contribution in [-0.4, -0.2) is 47.5 Å². The number of hydrogen-bond donors (Lipinski definition) is 2. The summed E-state index contributed by atoms with van der Waals surface area (Å²) in [5, 5.41) is 6.04. The van der Waals surface area contributed by atoms with Crippen molar-refractivity contribution in [2.24, 2.45) is 0 Å². The molecule has 0 fully saturated rings. The van der Waals surface area contributed by atoms with Crippen LogP contribution < -0.4 is 10.6 Å². The van der Waals surface area contributed by atoms with Crippen molar-refractivity contribution in [2.45, 2.75) is 33.7 Å². The highest BCUT2D eigenvalue weighted by molar-refractivity contribution is 5.77. The number of rotatable bonds is 8. The van der Waals surface area contributed by atoms with Crippen molar-refractivity contribution in [1.29, 1.82) is 0 Å². The lowest BCUT2D eigenvalue weighted by atomic mass is 10.4. The lowest BCUT2D eigenvalue weighted by Crippen LogP contribution is -2.35. The van der Waals surface area contributed by atoms with Crippen LogP contribution in [0.3, 0.4) is 0 Å². The van der Waals surface area contributed by atoms with Gasteiger partial charge in [0, 0.05) is 24.8 Å². The zero-order chi connectivity index (χ0) is 15.0. The first-order chi connectivity index (χ1) is 9.55. The predicted octanol–water partition coefficient (Wildman–Crippen LogP) is 1.17. The number of anilines is 1. The highest BCUT2D eigenvalue weighted by Crippen LogP contribution is 2.07. The first-order valence-corrected chi connectivity index (χ1v) is 7.08. The van der Waals surface area contributed by atoms with Gasteiger partial charge >= 0.3 is 0 Å². The Balaban J connectivity index is 2.56. The molecule has 1 heterocycles. The van der Waals surface area contributed by atoms with Crippen molar-refractivity contribution < 1.29 is 4.79 Å². The van der Waals surface area contributed by atoms with Crippen LogP contribution in [0.15, 0.2) is 6.07 Å². The third-order valence-corrected chi connectivity index (χ3v) is 2.66. The van der Waals surface area contributed by atoms with Crippen LogP contribution in [-0.2, 0) is 11.3 Å². The fourth-order valence-electron chi connectivity index (χ4n) is 1.84. The number of hydrogen-bond acceptors (Lipinski definition) is 5. The number of likely N-dealkylation sites (N-methyl/N-ethyl adjacent to an activating group) is 1. The van der Waals surface area contributed by atoms with Gasteiger partial charge in [-0.1, -0.05) is 6.92 Å². The van der Waals surface area contributed by atoms with Crippen LogP contribution in [0.1, 0.15) is 31.8 Å². The molecular formula is C14H25N5O. The molecule has 6 nitrogen and oxygen atoms in total. The summed E-state index contributed by atoms with van der Waals surface area (Å²) < 4.78 is 0. The molecule has 0 unspecified atom stereocenters. The Morgan fingerprint density at radius 2 is 2.10 bits per heavy atom. The smallest absolute Gasteiger partial charge is 0.234 e. The van der Waals surface area contributed by atoms with Gasteiger partial charge in [0.1, 0.15) is 11.6 Å². The molecule has 0 bridgehead atoms. The molecule has 1 aromatic heterocycles. The van der Waals surface area contributed by atoms with E-state index in [1.165, 1.54) is 0 Å². The molecule has 0 radical (unpaired) electrons. The van der Waals surface area contributed by atoms with Crippen molar-refractivity contribution in [2.75, 3.05) is 32.0 Å². The second kappa shape index (κ2) is 8.47. The molecule has 0 aliphatic carbocycles. The molecule has 0 aliphatic rings. The fourth-order valence-corrected chi connectivity index (χ4v) is 1.84. The predicted molar refractivity (Wildman–Crippen MR) is 80.6 cm³/mol. The van der Waals surface area contributed by atoms with Crippen LogP contribution in [0.25, 0.3) is 0 Å². The number of carbonyl (C=O) groups is 1. The molecule has 0 saturated heterocycles. The summed E-state index contributed by atoms with van der Waals surface area (Å²) in [6, 6.07) is 1.92. The van der Waals surface area contributed by atoms with E-state index >= 15 is 0 Å². The van der Waals surface area contributed by atoms with Gasteiger partial charge in [-0.15, -0.1) is 0 Å². The molecule has 0 spiro atoms. The fraction of sp³-hybridized carbons (Fsp3) is 0.643. The minimum absolute atomic E-state index is 0.0360. The van der Waals surface area contributed by atoms with Gasteiger partial charge in [0.15, 0.2) is 0 Å². The van der Waals surface area contributed by atoms with E-state index in [2.05, 4.69) is 20.6 Å². The van der Waals surface area contributed by atoms with Gasteiger partial charge < -0.3 is 10.6 Å². The lowest BCUT2D eigenvalue weighted by Gasteiger charge is -2.16. The Morgan fingerprint density at radius 3 is 2.75 bits per heavy atom. The van der Waals surface area contributed by atoms with Gasteiger partial charge in [-0.2, -0.15) is 0 Å². The summed E-state index contributed by atoms with van der Waals surface area (Å²) in [5.41, 5.74) is 0.926. The van der Waals surface area contributed by atoms with Gasteiger partial charge in [-0.25, -0.2) is 9.97 Å². The van der Waals surface area contributed by atoms with E-state index in [1.807, 2.05) is 38.8 Å². The maximum Gasteiger partial charge on any atom is 0.234 e. The van der Waals surface area contributed by atoms with Crippen LogP contribution in [0, 0.1) is 6.92 Å². The molecule has 1 rings (SSSR count). The summed E-state index contributed by atoms with van der Waals surface area (Å²) in [4.78, 5) is 22.4. The Hall–Kier alpha value is -1.69. The summed E-state index contributed by atoms with van der Waals surface area (Å²) in [6.45, 7) is 8.46. The topological polar surface area (TPSA) is 70.2 Å². The molecule has 1 amide bonds. The number of nitrogens with one attached hydrogen (secondary N) is 2. The van der Waals surface area contributed by atoms with Crippen molar-refractivity contribution in [3.8, 4) is 0 Å². The van der Waals surface area contributed by atoms with E-state index in [4.69, 9.17) is 0 Å². The van der Waals surface area contributed by atoms with Crippen molar-refractivity contribution in [1.82, 2.24) is 20.2 Å². The highest BCUT2D eigenvalue weighted by Gasteiger charge is 2.09. The minimum atomic E-state index is 0.0360. The van der Waals surface area contributed by atoms with Gasteiger partial charge in [-0.3, -0.25) is 9.69 Å². The number of nitrogens with zero attached hydrogens (tertiary/aromatic N) is 3. The lowest BCUT2D eigenvalue weighted by molar-refractivity contribution is -0.122. The average molecular weight is 279 g/mol. The SMILES string of the molecule is CCCNC(=O)CN(C)Cc1nc(C)cc(NCC)n1. The van der Waals surface area contributed by atoms with Crippen LogP contribution >= 0.6 is 0 Å². The van der Waals surface area contributed by atoms with Gasteiger partial charge in [0.25, 0.3) is 0 Å².